The summed E-state index contributed by atoms with van der Waals surface area (Å²) in [6.45, 7) is 2.72. The van der Waals surface area contributed by atoms with Crippen LogP contribution in [0.4, 0.5) is 15.8 Å². The monoisotopic (exact) mass is 327 g/mol. The number of hydrogen-bond acceptors (Lipinski definition) is 3. The lowest BCUT2D eigenvalue weighted by Gasteiger charge is -2.09. The maximum atomic E-state index is 13.1. The second-order valence-corrected chi connectivity index (χ2v) is 4.98. The molecule has 2 N–H and O–H groups in total. The number of carbonyl (C=O) groups excluding carboxylic acids is 1. The van der Waals surface area contributed by atoms with Gasteiger partial charge in [-0.05, 0) is 31.2 Å². The molecule has 2 rings (SSSR count). The summed E-state index contributed by atoms with van der Waals surface area (Å²) in [6, 6.07) is 5.45. The number of benzene rings is 1. The van der Waals surface area contributed by atoms with Crippen LogP contribution in [-0.4, -0.2) is 17.4 Å². The van der Waals surface area contributed by atoms with Crippen molar-refractivity contribution in [2.24, 2.45) is 0 Å². The Labute approximate surface area is 131 Å². The molecule has 0 unspecified atom stereocenters. The second kappa shape index (κ2) is 6.74. The predicted molar refractivity (Wildman–Crippen MR) is 82.8 cm³/mol. The van der Waals surface area contributed by atoms with E-state index in [-0.39, 0.29) is 21.4 Å². The minimum atomic E-state index is -0.573. The van der Waals surface area contributed by atoms with E-state index in [1.807, 2.05) is 6.92 Å². The normalized spacial score (nSPS) is 10.3. The quantitative estimate of drug-likeness (QED) is 0.884. The SMILES string of the molecule is CCNc1ccc(C(=O)Nc2c(Cl)cc(F)cc2Cl)nc1. The van der Waals surface area contributed by atoms with Gasteiger partial charge >= 0.3 is 0 Å². The molecule has 1 aromatic heterocycles. The van der Waals surface area contributed by atoms with E-state index >= 15 is 0 Å². The van der Waals surface area contributed by atoms with E-state index in [9.17, 15) is 9.18 Å². The Morgan fingerprint density at radius 3 is 2.48 bits per heavy atom. The van der Waals surface area contributed by atoms with Gasteiger partial charge in [-0.1, -0.05) is 23.2 Å². The molecule has 21 heavy (non-hydrogen) atoms. The van der Waals surface area contributed by atoms with Crippen molar-refractivity contribution < 1.29 is 9.18 Å². The van der Waals surface area contributed by atoms with E-state index in [0.717, 1.165) is 24.4 Å². The lowest BCUT2D eigenvalue weighted by Crippen LogP contribution is -2.14. The smallest absolute Gasteiger partial charge is 0.274 e. The molecule has 0 fully saturated rings. The Morgan fingerprint density at radius 1 is 1.29 bits per heavy atom. The summed E-state index contributed by atoms with van der Waals surface area (Å²) in [5.41, 5.74) is 1.17. The summed E-state index contributed by atoms with van der Waals surface area (Å²) in [5, 5.41) is 5.64. The molecule has 0 aliphatic heterocycles. The predicted octanol–water partition coefficient (Wildman–Crippen LogP) is 4.21. The highest BCUT2D eigenvalue weighted by Crippen LogP contribution is 2.31. The fourth-order valence-electron chi connectivity index (χ4n) is 1.68. The Bertz CT molecular complexity index is 639. The van der Waals surface area contributed by atoms with Crippen LogP contribution in [0.2, 0.25) is 10.0 Å². The third-order valence-electron chi connectivity index (χ3n) is 2.62. The number of anilines is 2. The van der Waals surface area contributed by atoms with Gasteiger partial charge in [0.25, 0.3) is 5.91 Å². The van der Waals surface area contributed by atoms with Gasteiger partial charge in [-0.2, -0.15) is 0 Å². The maximum Gasteiger partial charge on any atom is 0.274 e. The first-order valence-electron chi connectivity index (χ1n) is 6.17. The Kier molecular flexibility index (Phi) is 4.98. The van der Waals surface area contributed by atoms with Crippen molar-refractivity contribution in [2.45, 2.75) is 6.92 Å². The van der Waals surface area contributed by atoms with Gasteiger partial charge in [0.2, 0.25) is 0 Å². The number of pyridine rings is 1. The van der Waals surface area contributed by atoms with Crippen molar-refractivity contribution in [1.29, 1.82) is 0 Å². The zero-order valence-electron chi connectivity index (χ0n) is 11.1. The Morgan fingerprint density at radius 2 is 1.95 bits per heavy atom. The molecule has 0 aliphatic rings. The van der Waals surface area contributed by atoms with Crippen LogP contribution < -0.4 is 10.6 Å². The minimum Gasteiger partial charge on any atom is -0.384 e. The third kappa shape index (κ3) is 3.83. The summed E-state index contributed by atoms with van der Waals surface area (Å²) >= 11 is 11.7. The summed E-state index contributed by atoms with van der Waals surface area (Å²) in [6.07, 6.45) is 1.55. The van der Waals surface area contributed by atoms with Crippen LogP contribution in [0.1, 0.15) is 17.4 Å². The molecule has 110 valence electrons. The van der Waals surface area contributed by atoms with Crippen molar-refractivity contribution in [3.63, 3.8) is 0 Å². The first kappa shape index (κ1) is 15.5. The zero-order valence-corrected chi connectivity index (χ0v) is 12.6. The highest BCUT2D eigenvalue weighted by atomic mass is 35.5. The summed E-state index contributed by atoms with van der Waals surface area (Å²) in [4.78, 5) is 16.1. The molecule has 1 amide bonds. The number of carbonyl (C=O) groups is 1. The van der Waals surface area contributed by atoms with E-state index in [0.29, 0.717) is 0 Å². The van der Waals surface area contributed by atoms with Gasteiger partial charge in [0.1, 0.15) is 11.5 Å². The number of halogens is 3. The maximum absolute atomic E-state index is 13.1. The van der Waals surface area contributed by atoms with Crippen LogP contribution in [0.5, 0.6) is 0 Å². The van der Waals surface area contributed by atoms with E-state index in [1.54, 1.807) is 18.3 Å². The molecule has 7 heteroatoms. The number of rotatable bonds is 4. The first-order valence-corrected chi connectivity index (χ1v) is 6.92. The van der Waals surface area contributed by atoms with Crippen LogP contribution in [0, 0.1) is 5.82 Å². The van der Waals surface area contributed by atoms with Crippen molar-refractivity contribution in [2.75, 3.05) is 17.2 Å². The average Bonchev–Trinajstić information content (AvgIpc) is 2.43. The molecule has 1 heterocycles. The standard InChI is InChI=1S/C14H12Cl2FN3O/c1-2-18-9-3-4-12(19-7-9)14(21)20-13-10(15)5-8(17)6-11(13)16/h3-7,18H,2H2,1H3,(H,20,21). The molecular weight excluding hydrogens is 316 g/mol. The highest BCUT2D eigenvalue weighted by Gasteiger charge is 2.14. The van der Waals surface area contributed by atoms with Crippen molar-refractivity contribution in [3.8, 4) is 0 Å². The summed E-state index contributed by atoms with van der Waals surface area (Å²) < 4.78 is 13.1. The van der Waals surface area contributed by atoms with Gasteiger partial charge in [0.15, 0.2) is 0 Å². The van der Waals surface area contributed by atoms with Gasteiger partial charge < -0.3 is 10.6 Å². The van der Waals surface area contributed by atoms with Crippen molar-refractivity contribution in [3.05, 3.63) is 52.0 Å². The molecule has 1 aromatic carbocycles. The molecule has 4 nitrogen and oxygen atoms in total. The minimum absolute atomic E-state index is 0.0256. The first-order chi connectivity index (χ1) is 10.0. The van der Waals surface area contributed by atoms with Crippen LogP contribution in [0.15, 0.2) is 30.5 Å². The number of nitrogens with zero attached hydrogens (tertiary/aromatic N) is 1. The molecule has 0 bridgehead atoms. The molecule has 0 saturated heterocycles. The van der Waals surface area contributed by atoms with Gasteiger partial charge in [-0.3, -0.25) is 4.79 Å². The van der Waals surface area contributed by atoms with Crippen LogP contribution in [0.25, 0.3) is 0 Å². The molecule has 0 atom stereocenters. The molecule has 0 radical (unpaired) electrons. The second-order valence-electron chi connectivity index (χ2n) is 4.16. The number of hydrogen-bond donors (Lipinski definition) is 2. The molecular formula is C14H12Cl2FN3O. The summed E-state index contributed by atoms with van der Waals surface area (Å²) in [5.74, 6) is -1.05. The van der Waals surface area contributed by atoms with E-state index in [1.165, 1.54) is 0 Å². The molecule has 0 saturated carbocycles. The summed E-state index contributed by atoms with van der Waals surface area (Å²) in [7, 11) is 0. The average molecular weight is 328 g/mol. The highest BCUT2D eigenvalue weighted by molar-refractivity contribution is 6.40. The lowest BCUT2D eigenvalue weighted by atomic mass is 10.2. The van der Waals surface area contributed by atoms with Crippen LogP contribution in [-0.2, 0) is 0 Å². The Hall–Kier alpha value is -1.85. The van der Waals surface area contributed by atoms with Gasteiger partial charge in [0.05, 0.1) is 27.6 Å². The number of amides is 1. The van der Waals surface area contributed by atoms with E-state index < -0.39 is 11.7 Å². The largest absolute Gasteiger partial charge is 0.384 e. The fourth-order valence-corrected chi connectivity index (χ4v) is 2.23. The Balaban J connectivity index is 2.18. The third-order valence-corrected chi connectivity index (χ3v) is 3.22. The van der Waals surface area contributed by atoms with Gasteiger partial charge in [-0.25, -0.2) is 9.37 Å². The van der Waals surface area contributed by atoms with Crippen molar-refractivity contribution in [1.82, 2.24) is 4.98 Å². The number of aromatic nitrogens is 1. The fraction of sp³-hybridized carbons (Fsp3) is 0.143. The van der Waals surface area contributed by atoms with E-state index in [2.05, 4.69) is 15.6 Å². The molecule has 0 spiro atoms. The lowest BCUT2D eigenvalue weighted by molar-refractivity contribution is 0.102. The van der Waals surface area contributed by atoms with Crippen molar-refractivity contribution >= 4 is 40.5 Å². The van der Waals surface area contributed by atoms with E-state index in [4.69, 9.17) is 23.2 Å². The van der Waals surface area contributed by atoms with Crippen LogP contribution >= 0.6 is 23.2 Å². The number of nitrogens with one attached hydrogen (secondary N) is 2. The molecule has 0 aliphatic carbocycles. The van der Waals surface area contributed by atoms with Gasteiger partial charge in [0, 0.05) is 6.54 Å². The van der Waals surface area contributed by atoms with Gasteiger partial charge in [-0.15, -0.1) is 0 Å². The zero-order chi connectivity index (χ0) is 15.4. The molecule has 2 aromatic rings. The topological polar surface area (TPSA) is 54.0 Å². The van der Waals surface area contributed by atoms with Crippen LogP contribution in [0.3, 0.4) is 0 Å².